The second-order valence-corrected chi connectivity index (χ2v) is 6.40. The predicted molar refractivity (Wildman–Crippen MR) is 91.2 cm³/mol. The summed E-state index contributed by atoms with van der Waals surface area (Å²) in [7, 11) is 0. The Morgan fingerprint density at radius 1 is 1.04 bits per heavy atom. The number of hydrogen-bond acceptors (Lipinski definition) is 3. The third-order valence-electron chi connectivity index (χ3n) is 3.18. The lowest BCUT2D eigenvalue weighted by Gasteiger charge is -2.23. The predicted octanol–water partition coefficient (Wildman–Crippen LogP) is 2.16. The molecule has 0 aliphatic carbocycles. The molecule has 1 aromatic rings. The van der Waals surface area contributed by atoms with Gasteiger partial charge >= 0.3 is 0 Å². The Morgan fingerprint density at radius 3 is 2.04 bits per heavy atom. The Bertz CT molecular complexity index is 574. The summed E-state index contributed by atoms with van der Waals surface area (Å²) < 4.78 is 0. The van der Waals surface area contributed by atoms with E-state index in [-0.39, 0.29) is 17.7 Å². The van der Waals surface area contributed by atoms with Crippen molar-refractivity contribution in [3.8, 4) is 0 Å². The van der Waals surface area contributed by atoms with Crippen molar-refractivity contribution in [2.45, 2.75) is 34.6 Å². The van der Waals surface area contributed by atoms with Gasteiger partial charge in [-0.25, -0.2) is 0 Å². The number of rotatable bonds is 5. The molecule has 0 saturated heterocycles. The minimum absolute atomic E-state index is 0.0537. The third kappa shape index (κ3) is 6.10. The standard InChI is InChI=1S/C17H25N3O3/c1-12(21)19-14-6-8-15(9-7-14)20(13(2)22)11-10-18-16(23)17(3,4)5/h6-9H,10-11H2,1-5H3,(H,18,23)(H,19,21). The average Bonchev–Trinajstić information content (AvgIpc) is 2.42. The lowest BCUT2D eigenvalue weighted by Crippen LogP contribution is -2.41. The third-order valence-corrected chi connectivity index (χ3v) is 3.18. The molecular formula is C17H25N3O3. The van der Waals surface area contributed by atoms with Gasteiger partial charge in [0.15, 0.2) is 0 Å². The van der Waals surface area contributed by atoms with Gasteiger partial charge < -0.3 is 15.5 Å². The van der Waals surface area contributed by atoms with Crippen LogP contribution in [-0.2, 0) is 14.4 Å². The van der Waals surface area contributed by atoms with Crippen LogP contribution in [0.2, 0.25) is 0 Å². The number of nitrogens with zero attached hydrogens (tertiary/aromatic N) is 1. The second-order valence-electron chi connectivity index (χ2n) is 6.40. The summed E-state index contributed by atoms with van der Waals surface area (Å²) in [6.45, 7) is 9.20. The Morgan fingerprint density at radius 2 is 1.61 bits per heavy atom. The molecule has 1 aromatic carbocycles. The number of anilines is 2. The van der Waals surface area contributed by atoms with Crippen LogP contribution in [0.5, 0.6) is 0 Å². The van der Waals surface area contributed by atoms with Crippen LogP contribution in [-0.4, -0.2) is 30.8 Å². The molecule has 0 aliphatic heterocycles. The minimum Gasteiger partial charge on any atom is -0.354 e. The first-order valence-corrected chi connectivity index (χ1v) is 7.55. The van der Waals surface area contributed by atoms with Crippen LogP contribution in [0.4, 0.5) is 11.4 Å². The molecule has 0 heterocycles. The molecule has 3 amide bonds. The summed E-state index contributed by atoms with van der Waals surface area (Å²) in [5.74, 6) is -0.310. The number of benzene rings is 1. The van der Waals surface area contributed by atoms with Crippen LogP contribution in [0.3, 0.4) is 0 Å². The highest BCUT2D eigenvalue weighted by Gasteiger charge is 2.21. The topological polar surface area (TPSA) is 78.5 Å². The zero-order valence-electron chi connectivity index (χ0n) is 14.4. The number of nitrogens with one attached hydrogen (secondary N) is 2. The second kappa shape index (κ2) is 7.76. The number of carbonyl (C=O) groups is 3. The van der Waals surface area contributed by atoms with Crippen LogP contribution >= 0.6 is 0 Å². The van der Waals surface area contributed by atoms with Crippen LogP contribution < -0.4 is 15.5 Å². The Hall–Kier alpha value is -2.37. The van der Waals surface area contributed by atoms with Crippen LogP contribution in [0.1, 0.15) is 34.6 Å². The normalized spacial score (nSPS) is 10.8. The summed E-state index contributed by atoms with van der Waals surface area (Å²) in [5.41, 5.74) is 0.934. The highest BCUT2D eigenvalue weighted by atomic mass is 16.2. The molecule has 0 radical (unpaired) electrons. The van der Waals surface area contributed by atoms with E-state index in [1.807, 2.05) is 20.8 Å². The van der Waals surface area contributed by atoms with Crippen molar-refractivity contribution in [2.75, 3.05) is 23.3 Å². The molecule has 0 unspecified atom stereocenters. The van der Waals surface area contributed by atoms with Gasteiger partial charge in [-0.1, -0.05) is 20.8 Å². The molecule has 126 valence electrons. The van der Waals surface area contributed by atoms with Gasteiger partial charge in [-0.2, -0.15) is 0 Å². The molecule has 23 heavy (non-hydrogen) atoms. The summed E-state index contributed by atoms with van der Waals surface area (Å²) >= 11 is 0. The molecular weight excluding hydrogens is 294 g/mol. The highest BCUT2D eigenvalue weighted by Crippen LogP contribution is 2.18. The Labute approximate surface area is 137 Å². The highest BCUT2D eigenvalue weighted by molar-refractivity contribution is 5.93. The van der Waals surface area contributed by atoms with Crippen molar-refractivity contribution in [1.29, 1.82) is 0 Å². The molecule has 0 spiro atoms. The molecule has 1 rings (SSSR count). The van der Waals surface area contributed by atoms with Gasteiger partial charge in [-0.3, -0.25) is 14.4 Å². The quantitative estimate of drug-likeness (QED) is 0.873. The maximum absolute atomic E-state index is 11.8. The van der Waals surface area contributed by atoms with Gasteiger partial charge in [-0.05, 0) is 24.3 Å². The minimum atomic E-state index is -0.457. The van der Waals surface area contributed by atoms with Crippen LogP contribution in [0, 0.1) is 5.41 Å². The van der Waals surface area contributed by atoms with Crippen LogP contribution in [0.25, 0.3) is 0 Å². The van der Waals surface area contributed by atoms with E-state index < -0.39 is 5.41 Å². The zero-order chi connectivity index (χ0) is 17.6. The fourth-order valence-electron chi connectivity index (χ4n) is 1.94. The molecule has 0 aromatic heterocycles. The lowest BCUT2D eigenvalue weighted by atomic mass is 9.96. The van der Waals surface area contributed by atoms with Gasteiger partial charge in [0, 0.05) is 43.7 Å². The maximum Gasteiger partial charge on any atom is 0.225 e. The summed E-state index contributed by atoms with van der Waals surface area (Å²) in [6, 6.07) is 7.00. The van der Waals surface area contributed by atoms with Crippen molar-refractivity contribution >= 4 is 29.1 Å². The first kappa shape index (κ1) is 18.7. The van der Waals surface area contributed by atoms with Gasteiger partial charge in [0.05, 0.1) is 0 Å². The van der Waals surface area contributed by atoms with E-state index in [2.05, 4.69) is 10.6 Å². The van der Waals surface area contributed by atoms with Crippen LogP contribution in [0.15, 0.2) is 24.3 Å². The first-order valence-electron chi connectivity index (χ1n) is 7.55. The van der Waals surface area contributed by atoms with Gasteiger partial charge in [0.2, 0.25) is 17.7 Å². The number of amides is 3. The monoisotopic (exact) mass is 319 g/mol. The SMILES string of the molecule is CC(=O)Nc1ccc(N(CCNC(=O)C(C)(C)C)C(C)=O)cc1. The molecule has 6 heteroatoms. The van der Waals surface area contributed by atoms with Crippen molar-refractivity contribution < 1.29 is 14.4 Å². The van der Waals surface area contributed by atoms with E-state index in [1.54, 1.807) is 29.2 Å². The maximum atomic E-state index is 11.8. The molecule has 0 fully saturated rings. The van der Waals surface area contributed by atoms with E-state index in [9.17, 15) is 14.4 Å². The largest absolute Gasteiger partial charge is 0.354 e. The molecule has 0 atom stereocenters. The fraction of sp³-hybridized carbons (Fsp3) is 0.471. The lowest BCUT2D eigenvalue weighted by molar-refractivity contribution is -0.128. The van der Waals surface area contributed by atoms with Crippen molar-refractivity contribution in [3.63, 3.8) is 0 Å². The van der Waals surface area contributed by atoms with Gasteiger partial charge in [0.1, 0.15) is 0 Å². The van der Waals surface area contributed by atoms with E-state index in [4.69, 9.17) is 0 Å². The van der Waals surface area contributed by atoms with Crippen molar-refractivity contribution in [1.82, 2.24) is 5.32 Å². The molecule has 0 bridgehead atoms. The fourth-order valence-corrected chi connectivity index (χ4v) is 1.94. The summed E-state index contributed by atoms with van der Waals surface area (Å²) in [4.78, 5) is 36.3. The smallest absolute Gasteiger partial charge is 0.225 e. The van der Waals surface area contributed by atoms with E-state index in [0.29, 0.717) is 18.8 Å². The van der Waals surface area contributed by atoms with Gasteiger partial charge in [-0.15, -0.1) is 0 Å². The molecule has 0 saturated carbocycles. The van der Waals surface area contributed by atoms with Gasteiger partial charge in [0.25, 0.3) is 0 Å². The number of hydrogen-bond donors (Lipinski definition) is 2. The molecule has 2 N–H and O–H groups in total. The summed E-state index contributed by atoms with van der Waals surface area (Å²) in [5, 5.41) is 5.50. The zero-order valence-corrected chi connectivity index (χ0v) is 14.4. The van der Waals surface area contributed by atoms with E-state index in [1.165, 1.54) is 13.8 Å². The average molecular weight is 319 g/mol. The Kier molecular flexibility index (Phi) is 6.30. The summed E-state index contributed by atoms with van der Waals surface area (Å²) in [6.07, 6.45) is 0. The van der Waals surface area contributed by atoms with Crippen molar-refractivity contribution in [3.05, 3.63) is 24.3 Å². The molecule has 6 nitrogen and oxygen atoms in total. The number of carbonyl (C=O) groups excluding carboxylic acids is 3. The van der Waals surface area contributed by atoms with E-state index >= 15 is 0 Å². The van der Waals surface area contributed by atoms with E-state index in [0.717, 1.165) is 5.69 Å². The Balaban J connectivity index is 2.70. The first-order chi connectivity index (χ1) is 10.6. The molecule has 0 aliphatic rings. The van der Waals surface area contributed by atoms with Crippen molar-refractivity contribution in [2.24, 2.45) is 5.41 Å².